The molecule has 1 aromatic carbocycles. The molecule has 21 heavy (non-hydrogen) atoms. The second kappa shape index (κ2) is 7.57. The maximum absolute atomic E-state index is 12.5. The molecule has 1 atom stereocenters. The Labute approximate surface area is 126 Å². The molecule has 116 valence electrons. The normalized spacial score (nSPS) is 18.4. The monoisotopic (exact) mass is 291 g/mol. The summed E-state index contributed by atoms with van der Waals surface area (Å²) in [7, 11) is 1.78. The minimum absolute atomic E-state index is 0.260. The van der Waals surface area contributed by atoms with Crippen LogP contribution in [0.1, 0.15) is 38.2 Å². The van der Waals surface area contributed by atoms with Crippen molar-refractivity contribution in [2.45, 2.75) is 44.2 Å². The maximum atomic E-state index is 12.5. The van der Waals surface area contributed by atoms with Gasteiger partial charge in [-0.05, 0) is 32.4 Å². The molecule has 0 radical (unpaired) electrons. The van der Waals surface area contributed by atoms with E-state index in [1.165, 1.54) is 12.8 Å². The third-order valence-electron chi connectivity index (χ3n) is 4.15. The van der Waals surface area contributed by atoms with E-state index in [4.69, 9.17) is 9.47 Å². The van der Waals surface area contributed by atoms with Crippen LogP contribution in [0.3, 0.4) is 0 Å². The van der Waals surface area contributed by atoms with Gasteiger partial charge in [-0.3, -0.25) is 5.32 Å². The van der Waals surface area contributed by atoms with Crippen molar-refractivity contribution in [3.8, 4) is 0 Å². The smallest absolute Gasteiger partial charge is 0.333 e. The van der Waals surface area contributed by atoms with E-state index in [9.17, 15) is 4.79 Å². The Bertz CT molecular complexity index is 443. The lowest BCUT2D eigenvalue weighted by molar-refractivity contribution is -0.155. The average molecular weight is 291 g/mol. The Hall–Kier alpha value is -1.39. The van der Waals surface area contributed by atoms with Gasteiger partial charge < -0.3 is 9.47 Å². The van der Waals surface area contributed by atoms with Crippen molar-refractivity contribution in [2.75, 3.05) is 20.3 Å². The molecule has 1 saturated carbocycles. The second-order valence-electron chi connectivity index (χ2n) is 5.46. The molecule has 1 unspecified atom stereocenters. The molecule has 1 fully saturated rings. The highest BCUT2D eigenvalue weighted by molar-refractivity contribution is 5.83. The van der Waals surface area contributed by atoms with Crippen LogP contribution in [-0.2, 0) is 19.8 Å². The zero-order valence-electron chi connectivity index (χ0n) is 12.9. The van der Waals surface area contributed by atoms with Crippen LogP contribution >= 0.6 is 0 Å². The summed E-state index contributed by atoms with van der Waals surface area (Å²) >= 11 is 0. The first-order chi connectivity index (χ1) is 10.2. The van der Waals surface area contributed by atoms with Crippen molar-refractivity contribution >= 4 is 5.97 Å². The first kappa shape index (κ1) is 16.0. The predicted octanol–water partition coefficient (Wildman–Crippen LogP) is 2.62. The van der Waals surface area contributed by atoms with E-state index < -0.39 is 5.54 Å². The number of rotatable bonds is 7. The summed E-state index contributed by atoms with van der Waals surface area (Å²) in [5.74, 6) is -0.281. The minimum atomic E-state index is -0.931. The topological polar surface area (TPSA) is 47.6 Å². The number of carbonyl (C=O) groups is 1. The molecule has 0 heterocycles. The van der Waals surface area contributed by atoms with Gasteiger partial charge in [0.15, 0.2) is 5.54 Å². The Kier molecular flexibility index (Phi) is 5.76. The summed E-state index contributed by atoms with van der Waals surface area (Å²) in [4.78, 5) is 12.5. The number of ether oxygens (including phenoxy) is 2. The molecule has 0 bridgehead atoms. The summed E-state index contributed by atoms with van der Waals surface area (Å²) in [6.07, 6.45) is 4.84. The number of esters is 1. The third-order valence-corrected chi connectivity index (χ3v) is 4.15. The average Bonchev–Trinajstić information content (AvgIpc) is 3.03. The highest BCUT2D eigenvalue weighted by Gasteiger charge is 2.41. The van der Waals surface area contributed by atoms with Crippen molar-refractivity contribution in [1.29, 1.82) is 0 Å². The van der Waals surface area contributed by atoms with E-state index in [1.54, 1.807) is 7.05 Å². The van der Waals surface area contributed by atoms with Crippen LogP contribution in [0.5, 0.6) is 0 Å². The number of hydrogen-bond acceptors (Lipinski definition) is 4. The van der Waals surface area contributed by atoms with Gasteiger partial charge in [-0.25, -0.2) is 4.79 Å². The van der Waals surface area contributed by atoms with Crippen molar-refractivity contribution in [3.05, 3.63) is 35.9 Å². The highest BCUT2D eigenvalue weighted by Crippen LogP contribution is 2.27. The summed E-state index contributed by atoms with van der Waals surface area (Å²) in [5.41, 5.74) is -0.0520. The van der Waals surface area contributed by atoms with E-state index >= 15 is 0 Å². The lowest BCUT2D eigenvalue weighted by atomic mass is 9.90. The van der Waals surface area contributed by atoms with E-state index in [1.807, 2.05) is 37.3 Å². The van der Waals surface area contributed by atoms with Gasteiger partial charge in [-0.1, -0.05) is 43.2 Å². The van der Waals surface area contributed by atoms with Crippen LogP contribution < -0.4 is 5.32 Å². The SMILES string of the molecule is CCOC(=O)C(COC1CCCC1)(NC)c1ccccc1. The third kappa shape index (κ3) is 3.63. The molecule has 0 saturated heterocycles. The molecular weight excluding hydrogens is 266 g/mol. The maximum Gasteiger partial charge on any atom is 0.333 e. The highest BCUT2D eigenvalue weighted by atomic mass is 16.5. The van der Waals surface area contributed by atoms with Gasteiger partial charge in [0.1, 0.15) is 0 Å². The van der Waals surface area contributed by atoms with Gasteiger partial charge in [0.2, 0.25) is 0 Å². The van der Waals surface area contributed by atoms with Crippen molar-refractivity contribution < 1.29 is 14.3 Å². The lowest BCUT2D eigenvalue weighted by Gasteiger charge is -2.32. The Morgan fingerprint density at radius 3 is 2.52 bits per heavy atom. The number of hydrogen-bond donors (Lipinski definition) is 1. The fourth-order valence-electron chi connectivity index (χ4n) is 2.85. The van der Waals surface area contributed by atoms with E-state index in [0.717, 1.165) is 18.4 Å². The standard InChI is InChI=1S/C17H25NO3/c1-3-20-16(19)17(18-2,14-9-5-4-6-10-14)13-21-15-11-7-8-12-15/h4-6,9-10,15,18H,3,7-8,11-13H2,1-2H3. The molecule has 0 aromatic heterocycles. The number of benzene rings is 1. The Morgan fingerprint density at radius 1 is 1.29 bits per heavy atom. The summed E-state index contributed by atoms with van der Waals surface area (Å²) in [6, 6.07) is 9.66. The van der Waals surface area contributed by atoms with E-state index in [-0.39, 0.29) is 12.1 Å². The zero-order chi connectivity index (χ0) is 15.1. The predicted molar refractivity (Wildman–Crippen MR) is 82.0 cm³/mol. The van der Waals surface area contributed by atoms with Crippen LogP contribution in [-0.4, -0.2) is 32.3 Å². The molecular formula is C17H25NO3. The fourth-order valence-corrected chi connectivity index (χ4v) is 2.85. The summed E-state index contributed by atoms with van der Waals surface area (Å²) in [5, 5.41) is 3.14. The number of carbonyl (C=O) groups excluding carboxylic acids is 1. The van der Waals surface area contributed by atoms with Crippen LogP contribution in [0.25, 0.3) is 0 Å². The van der Waals surface area contributed by atoms with Gasteiger partial charge in [0, 0.05) is 0 Å². The van der Waals surface area contributed by atoms with E-state index in [2.05, 4.69) is 5.32 Å². The molecule has 0 aliphatic heterocycles. The van der Waals surface area contributed by atoms with Gasteiger partial charge in [0.25, 0.3) is 0 Å². The van der Waals surface area contributed by atoms with Crippen LogP contribution in [0.4, 0.5) is 0 Å². The first-order valence-electron chi connectivity index (χ1n) is 7.76. The molecule has 0 spiro atoms. The van der Waals surface area contributed by atoms with Crippen LogP contribution in [0, 0.1) is 0 Å². The van der Waals surface area contributed by atoms with Crippen molar-refractivity contribution in [3.63, 3.8) is 0 Å². The van der Waals surface area contributed by atoms with Gasteiger partial charge in [-0.15, -0.1) is 0 Å². The molecule has 1 aromatic rings. The van der Waals surface area contributed by atoms with Crippen LogP contribution in [0.2, 0.25) is 0 Å². The quantitative estimate of drug-likeness (QED) is 0.785. The van der Waals surface area contributed by atoms with Crippen molar-refractivity contribution in [1.82, 2.24) is 5.32 Å². The molecule has 1 aliphatic rings. The Morgan fingerprint density at radius 2 is 1.95 bits per heavy atom. The summed E-state index contributed by atoms with van der Waals surface area (Å²) in [6.45, 7) is 2.48. The fraction of sp³-hybridized carbons (Fsp3) is 0.588. The Balaban J connectivity index is 2.20. The molecule has 1 N–H and O–H groups in total. The number of likely N-dealkylation sites (N-methyl/N-ethyl adjacent to an activating group) is 1. The molecule has 4 heteroatoms. The van der Waals surface area contributed by atoms with E-state index in [0.29, 0.717) is 13.2 Å². The largest absolute Gasteiger partial charge is 0.464 e. The molecule has 2 rings (SSSR count). The van der Waals surface area contributed by atoms with Gasteiger partial charge in [-0.2, -0.15) is 0 Å². The first-order valence-corrected chi connectivity index (χ1v) is 7.76. The minimum Gasteiger partial charge on any atom is -0.464 e. The number of nitrogens with one attached hydrogen (secondary N) is 1. The lowest BCUT2D eigenvalue weighted by Crippen LogP contribution is -2.52. The zero-order valence-corrected chi connectivity index (χ0v) is 12.9. The summed E-state index contributed by atoms with van der Waals surface area (Å²) < 4.78 is 11.3. The van der Waals surface area contributed by atoms with Crippen LogP contribution in [0.15, 0.2) is 30.3 Å². The molecule has 4 nitrogen and oxygen atoms in total. The van der Waals surface area contributed by atoms with Gasteiger partial charge in [0.05, 0.1) is 19.3 Å². The molecule has 0 amide bonds. The van der Waals surface area contributed by atoms with Crippen molar-refractivity contribution in [2.24, 2.45) is 0 Å². The van der Waals surface area contributed by atoms with Gasteiger partial charge >= 0.3 is 5.97 Å². The second-order valence-corrected chi connectivity index (χ2v) is 5.46. The molecule has 1 aliphatic carbocycles.